The zero-order valence-corrected chi connectivity index (χ0v) is 19.7. The van der Waals surface area contributed by atoms with Gasteiger partial charge in [0, 0.05) is 43.7 Å². The van der Waals surface area contributed by atoms with Crippen LogP contribution in [0, 0.1) is 13.8 Å². The van der Waals surface area contributed by atoms with Crippen molar-refractivity contribution >= 4 is 11.6 Å². The Bertz CT molecular complexity index is 995. The molecule has 1 atom stereocenters. The van der Waals surface area contributed by atoms with Crippen molar-refractivity contribution in [2.24, 2.45) is 5.10 Å². The lowest BCUT2D eigenvalue weighted by Crippen LogP contribution is -2.49. The van der Waals surface area contributed by atoms with E-state index in [0.29, 0.717) is 13.0 Å². The normalized spacial score (nSPS) is 19.8. The second-order valence-electron chi connectivity index (χ2n) is 8.78. The zero-order chi connectivity index (χ0) is 22.7. The van der Waals surface area contributed by atoms with Crippen LogP contribution in [0.5, 0.6) is 5.75 Å². The summed E-state index contributed by atoms with van der Waals surface area (Å²) in [6.45, 7) is 11.7. The minimum atomic E-state index is -0.162. The average Bonchev–Trinajstić information content (AvgIpc) is 3.26. The van der Waals surface area contributed by atoms with Gasteiger partial charge in [0.2, 0.25) is 0 Å². The number of piperazine rings is 1. The van der Waals surface area contributed by atoms with Gasteiger partial charge < -0.3 is 9.64 Å². The van der Waals surface area contributed by atoms with Gasteiger partial charge in [-0.05, 0) is 38.1 Å². The van der Waals surface area contributed by atoms with Gasteiger partial charge in [-0.2, -0.15) is 5.10 Å². The molecule has 2 aliphatic rings. The van der Waals surface area contributed by atoms with E-state index in [1.807, 2.05) is 24.3 Å². The fraction of sp³-hybridized carbons (Fsp3) is 0.462. The number of rotatable bonds is 6. The number of nitrogens with zero attached hydrogens (tertiary/aromatic N) is 4. The Hall–Kier alpha value is -2.70. The number of methoxy groups -OCH3 is 1. The van der Waals surface area contributed by atoms with E-state index in [0.717, 1.165) is 55.3 Å². The van der Waals surface area contributed by atoms with E-state index < -0.39 is 0 Å². The summed E-state index contributed by atoms with van der Waals surface area (Å²) in [4.78, 5) is 18.2. The molecule has 1 amide bonds. The Morgan fingerprint density at radius 1 is 1.06 bits per heavy atom. The van der Waals surface area contributed by atoms with E-state index in [1.54, 1.807) is 12.1 Å². The monoisotopic (exact) mass is 434 g/mol. The molecule has 1 saturated heterocycles. The molecule has 0 bridgehead atoms. The fourth-order valence-corrected chi connectivity index (χ4v) is 4.66. The Labute approximate surface area is 191 Å². The highest BCUT2D eigenvalue weighted by Gasteiger charge is 2.36. The third kappa shape index (κ3) is 4.71. The van der Waals surface area contributed by atoms with Crippen molar-refractivity contribution < 1.29 is 9.53 Å². The van der Waals surface area contributed by atoms with Crippen LogP contribution in [0.25, 0.3) is 0 Å². The molecule has 0 unspecified atom stereocenters. The first-order valence-corrected chi connectivity index (χ1v) is 11.5. The molecule has 0 spiro atoms. The standard InChI is InChI=1S/C26H34N4O2/c1-5-28-12-14-29(15-13-28)18-26(31)30-24(21-8-6-7-9-25(21)32-4)17-23(27-30)22-16-19(2)10-11-20(22)3/h6-11,16,24H,5,12-15,17-18H2,1-4H3/t24-/m0/s1. The van der Waals surface area contributed by atoms with Crippen molar-refractivity contribution in [1.82, 2.24) is 14.8 Å². The summed E-state index contributed by atoms with van der Waals surface area (Å²) in [6.07, 6.45) is 0.681. The fourth-order valence-electron chi connectivity index (χ4n) is 4.66. The van der Waals surface area contributed by atoms with Crippen LogP contribution in [-0.4, -0.2) is 72.8 Å². The number of hydrogen-bond donors (Lipinski definition) is 0. The zero-order valence-electron chi connectivity index (χ0n) is 19.7. The number of para-hydroxylation sites is 1. The van der Waals surface area contributed by atoms with Crippen LogP contribution < -0.4 is 4.74 Å². The number of carbonyl (C=O) groups is 1. The molecule has 170 valence electrons. The molecule has 0 N–H and O–H groups in total. The van der Waals surface area contributed by atoms with E-state index in [-0.39, 0.29) is 11.9 Å². The van der Waals surface area contributed by atoms with Crippen molar-refractivity contribution in [3.05, 3.63) is 64.7 Å². The summed E-state index contributed by atoms with van der Waals surface area (Å²) in [6, 6.07) is 14.2. The van der Waals surface area contributed by atoms with Gasteiger partial charge in [0.1, 0.15) is 5.75 Å². The van der Waals surface area contributed by atoms with Gasteiger partial charge in [0.05, 0.1) is 25.4 Å². The molecule has 0 radical (unpaired) electrons. The third-order valence-corrected chi connectivity index (χ3v) is 6.64. The summed E-state index contributed by atoms with van der Waals surface area (Å²) < 4.78 is 5.64. The number of aryl methyl sites for hydroxylation is 2. The lowest BCUT2D eigenvalue weighted by atomic mass is 9.94. The highest BCUT2D eigenvalue weighted by Crippen LogP contribution is 2.38. The molecule has 2 aromatic carbocycles. The summed E-state index contributed by atoms with van der Waals surface area (Å²) in [7, 11) is 1.68. The number of hydrazone groups is 1. The van der Waals surface area contributed by atoms with Crippen LogP contribution in [-0.2, 0) is 4.79 Å². The molecule has 2 heterocycles. The molecule has 6 heteroatoms. The van der Waals surface area contributed by atoms with Crippen LogP contribution in [0.4, 0.5) is 0 Å². The molecule has 2 aromatic rings. The van der Waals surface area contributed by atoms with Gasteiger partial charge in [-0.15, -0.1) is 0 Å². The number of ether oxygens (including phenoxy) is 1. The maximum Gasteiger partial charge on any atom is 0.257 e. The van der Waals surface area contributed by atoms with Crippen molar-refractivity contribution in [3.63, 3.8) is 0 Å². The topological polar surface area (TPSA) is 48.4 Å². The molecule has 0 aliphatic carbocycles. The molecule has 2 aliphatic heterocycles. The van der Waals surface area contributed by atoms with Crippen LogP contribution in [0.3, 0.4) is 0 Å². The molecule has 32 heavy (non-hydrogen) atoms. The van der Waals surface area contributed by atoms with Crippen LogP contribution >= 0.6 is 0 Å². The molecular weight excluding hydrogens is 400 g/mol. The maximum absolute atomic E-state index is 13.5. The number of likely N-dealkylation sites (N-methyl/N-ethyl adjacent to an activating group) is 1. The van der Waals surface area contributed by atoms with Gasteiger partial charge >= 0.3 is 0 Å². The highest BCUT2D eigenvalue weighted by atomic mass is 16.5. The van der Waals surface area contributed by atoms with Crippen molar-refractivity contribution in [3.8, 4) is 5.75 Å². The lowest BCUT2D eigenvalue weighted by molar-refractivity contribution is -0.134. The summed E-state index contributed by atoms with van der Waals surface area (Å²) in [5.41, 5.74) is 5.46. The highest BCUT2D eigenvalue weighted by molar-refractivity contribution is 6.04. The predicted molar refractivity (Wildman–Crippen MR) is 128 cm³/mol. The summed E-state index contributed by atoms with van der Waals surface area (Å²) in [5.74, 6) is 0.843. The first kappa shape index (κ1) is 22.5. The van der Waals surface area contributed by atoms with Crippen LogP contribution in [0.15, 0.2) is 47.6 Å². The van der Waals surface area contributed by atoms with Crippen molar-refractivity contribution in [2.75, 3.05) is 46.4 Å². The van der Waals surface area contributed by atoms with Gasteiger partial charge in [-0.1, -0.05) is 42.8 Å². The Balaban J connectivity index is 1.62. The minimum Gasteiger partial charge on any atom is -0.496 e. The van der Waals surface area contributed by atoms with Gasteiger partial charge in [0.15, 0.2) is 0 Å². The predicted octanol–water partition coefficient (Wildman–Crippen LogP) is 3.63. The first-order chi connectivity index (χ1) is 15.5. The van der Waals surface area contributed by atoms with Crippen LogP contribution in [0.1, 0.15) is 41.6 Å². The molecule has 6 nitrogen and oxygen atoms in total. The van der Waals surface area contributed by atoms with Gasteiger partial charge in [0.25, 0.3) is 5.91 Å². The Morgan fingerprint density at radius 2 is 1.78 bits per heavy atom. The number of benzene rings is 2. The quantitative estimate of drug-likeness (QED) is 0.697. The van der Waals surface area contributed by atoms with E-state index in [2.05, 4.69) is 48.8 Å². The largest absolute Gasteiger partial charge is 0.496 e. The number of hydrogen-bond acceptors (Lipinski definition) is 5. The summed E-state index contributed by atoms with van der Waals surface area (Å²) >= 11 is 0. The maximum atomic E-state index is 13.5. The minimum absolute atomic E-state index is 0.0474. The van der Waals surface area contributed by atoms with E-state index in [1.165, 1.54) is 11.1 Å². The Kier molecular flexibility index (Phi) is 6.92. The summed E-state index contributed by atoms with van der Waals surface area (Å²) in [5, 5.41) is 6.61. The lowest BCUT2D eigenvalue weighted by Gasteiger charge is -2.34. The molecule has 4 rings (SSSR count). The SMILES string of the molecule is CCN1CCN(CC(=O)N2N=C(c3cc(C)ccc3C)C[C@H]2c2ccccc2OC)CC1. The van der Waals surface area contributed by atoms with Gasteiger partial charge in [-0.3, -0.25) is 9.69 Å². The number of amides is 1. The number of carbonyl (C=O) groups excluding carboxylic acids is 1. The average molecular weight is 435 g/mol. The second-order valence-corrected chi connectivity index (χ2v) is 8.78. The van der Waals surface area contributed by atoms with Crippen LogP contribution in [0.2, 0.25) is 0 Å². The van der Waals surface area contributed by atoms with Crippen molar-refractivity contribution in [1.29, 1.82) is 0 Å². The third-order valence-electron chi connectivity index (χ3n) is 6.64. The van der Waals surface area contributed by atoms with E-state index >= 15 is 0 Å². The molecule has 0 saturated carbocycles. The Morgan fingerprint density at radius 3 is 2.50 bits per heavy atom. The molecular formula is C26H34N4O2. The van der Waals surface area contributed by atoms with E-state index in [4.69, 9.17) is 9.84 Å². The second kappa shape index (κ2) is 9.84. The molecule has 1 fully saturated rings. The molecule has 0 aromatic heterocycles. The van der Waals surface area contributed by atoms with E-state index in [9.17, 15) is 4.79 Å². The smallest absolute Gasteiger partial charge is 0.257 e. The van der Waals surface area contributed by atoms with Gasteiger partial charge in [-0.25, -0.2) is 5.01 Å². The van der Waals surface area contributed by atoms with Crippen molar-refractivity contribution in [2.45, 2.75) is 33.2 Å². The first-order valence-electron chi connectivity index (χ1n) is 11.5.